The number of aliphatic hydroxyl groups excluding tert-OH is 1. The maximum Gasteiger partial charge on any atom is 0.178 e. The minimum Gasteiger partial charge on any atom is -0.394 e. The molecule has 1 fully saturated rings. The molecular formula is C13H15Cl2NO3. The second-order valence-electron chi connectivity index (χ2n) is 4.46. The minimum absolute atomic E-state index is 0.0391. The molecule has 1 aliphatic rings. The van der Waals surface area contributed by atoms with Crippen LogP contribution in [0.25, 0.3) is 0 Å². The van der Waals surface area contributed by atoms with Crippen LogP contribution in [0.5, 0.6) is 0 Å². The van der Waals surface area contributed by atoms with Gasteiger partial charge in [0, 0.05) is 23.7 Å². The van der Waals surface area contributed by atoms with Gasteiger partial charge in [-0.05, 0) is 18.2 Å². The summed E-state index contributed by atoms with van der Waals surface area (Å²) >= 11 is 11.9. The Morgan fingerprint density at radius 1 is 1.47 bits per heavy atom. The second-order valence-corrected chi connectivity index (χ2v) is 5.30. The maximum absolute atomic E-state index is 12.2. The zero-order chi connectivity index (χ0) is 13.8. The minimum atomic E-state index is -0.226. The molecule has 0 bridgehead atoms. The number of carbonyl (C=O) groups is 1. The van der Waals surface area contributed by atoms with Crippen LogP contribution in [0.2, 0.25) is 10.0 Å². The molecule has 1 unspecified atom stereocenters. The molecule has 0 aliphatic carbocycles. The molecule has 4 nitrogen and oxygen atoms in total. The van der Waals surface area contributed by atoms with Crippen molar-refractivity contribution in [3.8, 4) is 0 Å². The van der Waals surface area contributed by atoms with Crippen LogP contribution in [0.15, 0.2) is 18.2 Å². The number of hydrogen-bond donors (Lipinski definition) is 1. The van der Waals surface area contributed by atoms with E-state index in [-0.39, 0.29) is 25.0 Å². The van der Waals surface area contributed by atoms with Crippen LogP contribution in [-0.2, 0) is 4.74 Å². The molecule has 0 spiro atoms. The summed E-state index contributed by atoms with van der Waals surface area (Å²) in [6.45, 7) is 1.94. The number of hydrogen-bond acceptors (Lipinski definition) is 4. The van der Waals surface area contributed by atoms with Crippen LogP contribution in [0, 0.1) is 0 Å². The maximum atomic E-state index is 12.2. The summed E-state index contributed by atoms with van der Waals surface area (Å²) in [7, 11) is 0. The molecule has 0 amide bonds. The summed E-state index contributed by atoms with van der Waals surface area (Å²) in [6, 6.07) is 4.85. The predicted octanol–water partition coefficient (Wildman–Crippen LogP) is 1.87. The van der Waals surface area contributed by atoms with Gasteiger partial charge >= 0.3 is 0 Å². The van der Waals surface area contributed by atoms with Crippen LogP contribution in [0.3, 0.4) is 0 Å². The summed E-state index contributed by atoms with van der Waals surface area (Å²) in [5.74, 6) is -0.0777. The Bertz CT molecular complexity index is 467. The third-order valence-corrected chi connectivity index (χ3v) is 3.59. The molecule has 1 saturated heterocycles. The first-order valence-corrected chi connectivity index (χ1v) is 6.79. The number of nitrogens with zero attached hydrogens (tertiary/aromatic N) is 1. The van der Waals surface area contributed by atoms with Crippen LogP contribution in [0.4, 0.5) is 0 Å². The van der Waals surface area contributed by atoms with Crippen molar-refractivity contribution in [2.75, 3.05) is 32.8 Å². The highest BCUT2D eigenvalue weighted by Gasteiger charge is 2.22. The van der Waals surface area contributed by atoms with Crippen LogP contribution >= 0.6 is 23.2 Å². The van der Waals surface area contributed by atoms with Gasteiger partial charge in [0.15, 0.2) is 5.78 Å². The van der Waals surface area contributed by atoms with Gasteiger partial charge in [0.2, 0.25) is 0 Å². The third kappa shape index (κ3) is 3.91. The smallest absolute Gasteiger partial charge is 0.178 e. The first-order chi connectivity index (χ1) is 9.10. The van der Waals surface area contributed by atoms with E-state index >= 15 is 0 Å². The fraction of sp³-hybridized carbons (Fsp3) is 0.462. The van der Waals surface area contributed by atoms with Crippen LogP contribution in [-0.4, -0.2) is 54.7 Å². The quantitative estimate of drug-likeness (QED) is 0.863. The molecule has 104 valence electrons. The van der Waals surface area contributed by atoms with Crippen molar-refractivity contribution in [2.24, 2.45) is 0 Å². The van der Waals surface area contributed by atoms with Gasteiger partial charge in [-0.25, -0.2) is 0 Å². The van der Waals surface area contributed by atoms with E-state index in [1.54, 1.807) is 18.2 Å². The molecule has 2 rings (SSSR count). The number of aliphatic hydroxyl groups is 1. The van der Waals surface area contributed by atoms with Crippen molar-refractivity contribution in [3.63, 3.8) is 0 Å². The number of rotatable bonds is 4. The van der Waals surface area contributed by atoms with E-state index in [4.69, 9.17) is 33.0 Å². The first kappa shape index (κ1) is 14.8. The number of halogens is 2. The van der Waals surface area contributed by atoms with Crippen LogP contribution < -0.4 is 0 Å². The van der Waals surface area contributed by atoms with Crippen molar-refractivity contribution in [2.45, 2.75) is 6.10 Å². The zero-order valence-corrected chi connectivity index (χ0v) is 11.8. The topological polar surface area (TPSA) is 49.8 Å². The van der Waals surface area contributed by atoms with E-state index in [1.165, 1.54) is 0 Å². The summed E-state index contributed by atoms with van der Waals surface area (Å²) in [4.78, 5) is 14.1. The van der Waals surface area contributed by atoms with E-state index in [1.807, 2.05) is 4.90 Å². The lowest BCUT2D eigenvalue weighted by molar-refractivity contribution is -0.0503. The van der Waals surface area contributed by atoms with Gasteiger partial charge in [0.05, 0.1) is 30.9 Å². The van der Waals surface area contributed by atoms with Gasteiger partial charge in [-0.1, -0.05) is 23.2 Å². The van der Waals surface area contributed by atoms with Crippen molar-refractivity contribution < 1.29 is 14.6 Å². The Kier molecular flexibility index (Phi) is 5.19. The third-order valence-electron chi connectivity index (χ3n) is 3.02. The highest BCUT2D eigenvalue weighted by atomic mass is 35.5. The molecular weight excluding hydrogens is 289 g/mol. The largest absolute Gasteiger partial charge is 0.394 e. The Morgan fingerprint density at radius 3 is 3.00 bits per heavy atom. The normalized spacial score (nSPS) is 20.5. The molecule has 0 saturated carbocycles. The summed E-state index contributed by atoms with van der Waals surface area (Å²) in [6.07, 6.45) is -0.226. The molecule has 6 heteroatoms. The second kappa shape index (κ2) is 6.68. The Labute approximate surface area is 121 Å². The number of ketones is 1. The van der Waals surface area contributed by atoms with Crippen molar-refractivity contribution in [1.29, 1.82) is 0 Å². The highest BCUT2D eigenvalue weighted by Crippen LogP contribution is 2.21. The monoisotopic (exact) mass is 303 g/mol. The molecule has 1 heterocycles. The fourth-order valence-electron chi connectivity index (χ4n) is 2.03. The Morgan fingerprint density at radius 2 is 2.26 bits per heavy atom. The lowest BCUT2D eigenvalue weighted by atomic mass is 10.1. The SMILES string of the molecule is O=C(CN1CCOC(CO)C1)c1cc(Cl)ccc1Cl. The molecule has 1 atom stereocenters. The molecule has 19 heavy (non-hydrogen) atoms. The van der Waals surface area contributed by atoms with Crippen molar-refractivity contribution in [1.82, 2.24) is 4.90 Å². The van der Waals surface area contributed by atoms with Crippen molar-refractivity contribution in [3.05, 3.63) is 33.8 Å². The molecule has 1 aromatic carbocycles. The number of morpholine rings is 1. The van der Waals surface area contributed by atoms with Gasteiger partial charge < -0.3 is 9.84 Å². The van der Waals surface area contributed by atoms with Crippen LogP contribution in [0.1, 0.15) is 10.4 Å². The standard InChI is InChI=1S/C13H15Cl2NO3/c14-9-1-2-12(15)11(5-9)13(18)7-16-3-4-19-10(6-16)8-17/h1-2,5,10,17H,3-4,6-8H2. The van der Waals surface area contributed by atoms with Gasteiger partial charge in [0.25, 0.3) is 0 Å². The van der Waals surface area contributed by atoms with E-state index in [0.29, 0.717) is 35.3 Å². The van der Waals surface area contributed by atoms with Gasteiger partial charge in [-0.3, -0.25) is 9.69 Å². The Hall–Kier alpha value is -0.650. The van der Waals surface area contributed by atoms with Gasteiger partial charge in [0.1, 0.15) is 0 Å². The molecule has 0 radical (unpaired) electrons. The average molecular weight is 304 g/mol. The fourth-order valence-corrected chi connectivity index (χ4v) is 2.43. The number of ether oxygens (including phenoxy) is 1. The summed E-state index contributed by atoms with van der Waals surface area (Å²) < 4.78 is 5.34. The molecule has 1 aromatic rings. The first-order valence-electron chi connectivity index (χ1n) is 6.03. The molecule has 0 aromatic heterocycles. The average Bonchev–Trinajstić information content (AvgIpc) is 2.41. The predicted molar refractivity (Wildman–Crippen MR) is 74.1 cm³/mol. The van der Waals surface area contributed by atoms with Gasteiger partial charge in [-0.15, -0.1) is 0 Å². The van der Waals surface area contributed by atoms with Gasteiger partial charge in [-0.2, -0.15) is 0 Å². The lowest BCUT2D eigenvalue weighted by Gasteiger charge is -2.31. The summed E-state index contributed by atoms with van der Waals surface area (Å²) in [5.41, 5.74) is 0.432. The zero-order valence-electron chi connectivity index (χ0n) is 10.3. The van der Waals surface area contributed by atoms with Crippen molar-refractivity contribution >= 4 is 29.0 Å². The molecule has 1 N–H and O–H groups in total. The van der Waals surface area contributed by atoms with E-state index in [2.05, 4.69) is 0 Å². The summed E-state index contributed by atoms with van der Waals surface area (Å²) in [5, 5.41) is 9.96. The number of benzene rings is 1. The Balaban J connectivity index is 2.02. The van der Waals surface area contributed by atoms with E-state index < -0.39 is 0 Å². The lowest BCUT2D eigenvalue weighted by Crippen LogP contribution is -2.46. The molecule has 1 aliphatic heterocycles. The highest BCUT2D eigenvalue weighted by molar-refractivity contribution is 6.36. The number of Topliss-reactive ketones (excluding diaryl/α,β-unsaturated/α-hetero) is 1. The van der Waals surface area contributed by atoms with E-state index in [9.17, 15) is 4.79 Å². The van der Waals surface area contributed by atoms with E-state index in [0.717, 1.165) is 0 Å². The number of carbonyl (C=O) groups excluding carboxylic acids is 1.